The maximum Gasteiger partial charge on any atom is 0.240 e. The zero-order valence-electron chi connectivity index (χ0n) is 10.2. The van der Waals surface area contributed by atoms with Gasteiger partial charge in [0.15, 0.2) is 0 Å². The van der Waals surface area contributed by atoms with Crippen LogP contribution < -0.4 is 10.9 Å². The van der Waals surface area contributed by atoms with Crippen LogP contribution in [0.1, 0.15) is 32.8 Å². The second-order valence-electron chi connectivity index (χ2n) is 4.38. The van der Waals surface area contributed by atoms with E-state index < -0.39 is 0 Å². The van der Waals surface area contributed by atoms with Gasteiger partial charge < -0.3 is 0 Å². The van der Waals surface area contributed by atoms with E-state index in [1.807, 2.05) is 24.3 Å². The van der Waals surface area contributed by atoms with Crippen LogP contribution in [0.5, 0.6) is 0 Å². The number of nitrogens with zero attached hydrogens (tertiary/aromatic N) is 1. The Kier molecular flexibility index (Phi) is 4.50. The summed E-state index contributed by atoms with van der Waals surface area (Å²) in [6, 6.07) is 7.84. The molecule has 0 unspecified atom stereocenters. The number of hydrogen-bond donors (Lipinski definition) is 1. The van der Waals surface area contributed by atoms with Gasteiger partial charge in [0.2, 0.25) is 5.91 Å². The summed E-state index contributed by atoms with van der Waals surface area (Å²) in [5, 5.41) is 1.21. The first-order valence-electron chi connectivity index (χ1n) is 5.71. The van der Waals surface area contributed by atoms with Crippen molar-refractivity contribution in [1.82, 2.24) is 0 Å². The zero-order chi connectivity index (χ0) is 12.1. The van der Waals surface area contributed by atoms with Crippen LogP contribution in [0.3, 0.4) is 0 Å². The minimum absolute atomic E-state index is 0.0726. The van der Waals surface area contributed by atoms with E-state index in [1.54, 1.807) is 6.92 Å². The van der Waals surface area contributed by atoms with Crippen molar-refractivity contribution in [2.45, 2.75) is 33.6 Å². The van der Waals surface area contributed by atoms with E-state index in [2.05, 4.69) is 13.8 Å². The van der Waals surface area contributed by atoms with Crippen LogP contribution in [0.15, 0.2) is 24.3 Å². The smallest absolute Gasteiger partial charge is 0.240 e. The average molecular weight is 220 g/mol. The minimum Gasteiger partial charge on any atom is -0.273 e. The highest BCUT2D eigenvalue weighted by Crippen LogP contribution is 2.15. The van der Waals surface area contributed by atoms with E-state index >= 15 is 0 Å². The van der Waals surface area contributed by atoms with E-state index in [-0.39, 0.29) is 5.91 Å². The molecule has 0 aliphatic carbocycles. The fourth-order valence-corrected chi connectivity index (χ4v) is 1.58. The summed E-state index contributed by atoms with van der Waals surface area (Å²) >= 11 is 0. The molecule has 0 saturated carbocycles. The van der Waals surface area contributed by atoms with Crippen LogP contribution in [0.25, 0.3) is 0 Å². The zero-order valence-corrected chi connectivity index (χ0v) is 10.2. The summed E-state index contributed by atoms with van der Waals surface area (Å²) < 4.78 is 0. The van der Waals surface area contributed by atoms with Crippen molar-refractivity contribution in [3.05, 3.63) is 29.8 Å². The fraction of sp³-hybridized carbons (Fsp3) is 0.462. The Hall–Kier alpha value is -1.35. The molecule has 1 aromatic rings. The highest BCUT2D eigenvalue weighted by atomic mass is 16.2. The lowest BCUT2D eigenvalue weighted by Crippen LogP contribution is -2.36. The summed E-state index contributed by atoms with van der Waals surface area (Å²) in [4.78, 5) is 11.4. The Labute approximate surface area is 97.2 Å². The third-order valence-corrected chi connectivity index (χ3v) is 2.43. The Morgan fingerprint density at radius 1 is 1.31 bits per heavy atom. The van der Waals surface area contributed by atoms with Gasteiger partial charge in [0.1, 0.15) is 0 Å². The van der Waals surface area contributed by atoms with Crippen molar-refractivity contribution >= 4 is 11.6 Å². The van der Waals surface area contributed by atoms with Crippen molar-refractivity contribution < 1.29 is 4.79 Å². The van der Waals surface area contributed by atoms with Crippen LogP contribution >= 0.6 is 0 Å². The van der Waals surface area contributed by atoms with Crippen molar-refractivity contribution in [1.29, 1.82) is 0 Å². The van der Waals surface area contributed by atoms with Gasteiger partial charge in [-0.15, -0.1) is 0 Å². The molecule has 0 atom stereocenters. The van der Waals surface area contributed by atoms with E-state index in [0.29, 0.717) is 12.3 Å². The largest absolute Gasteiger partial charge is 0.273 e. The maximum absolute atomic E-state index is 11.4. The number of hydrazine groups is 1. The normalized spacial score (nSPS) is 10.6. The Balaban J connectivity index is 2.74. The molecule has 1 rings (SSSR count). The highest BCUT2D eigenvalue weighted by Gasteiger charge is 2.08. The SMILES string of the molecule is CCC(=O)N(N)c1ccc(CC(C)C)cc1. The van der Waals surface area contributed by atoms with Crippen molar-refractivity contribution in [3.8, 4) is 0 Å². The summed E-state index contributed by atoms with van der Waals surface area (Å²) in [6.07, 6.45) is 1.47. The maximum atomic E-state index is 11.4. The van der Waals surface area contributed by atoms with Crippen LogP contribution in [-0.2, 0) is 11.2 Å². The third-order valence-electron chi connectivity index (χ3n) is 2.43. The first kappa shape index (κ1) is 12.7. The van der Waals surface area contributed by atoms with E-state index in [0.717, 1.165) is 12.1 Å². The number of amides is 1. The Bertz CT molecular complexity index is 343. The van der Waals surface area contributed by atoms with Gasteiger partial charge in [-0.2, -0.15) is 0 Å². The quantitative estimate of drug-likeness (QED) is 0.481. The molecule has 2 N–H and O–H groups in total. The molecule has 0 bridgehead atoms. The second-order valence-corrected chi connectivity index (χ2v) is 4.38. The molecule has 1 aromatic carbocycles. The van der Waals surface area contributed by atoms with Gasteiger partial charge in [-0.25, -0.2) is 10.9 Å². The lowest BCUT2D eigenvalue weighted by atomic mass is 10.0. The van der Waals surface area contributed by atoms with Gasteiger partial charge in [0.05, 0.1) is 5.69 Å². The fourth-order valence-electron chi connectivity index (χ4n) is 1.58. The molecule has 0 spiro atoms. The first-order chi connectivity index (χ1) is 7.54. The molecular formula is C13H20N2O. The highest BCUT2D eigenvalue weighted by molar-refractivity contribution is 5.91. The van der Waals surface area contributed by atoms with E-state index in [4.69, 9.17) is 5.84 Å². The van der Waals surface area contributed by atoms with Crippen LogP contribution in [-0.4, -0.2) is 5.91 Å². The first-order valence-corrected chi connectivity index (χ1v) is 5.71. The number of carbonyl (C=O) groups is 1. The van der Waals surface area contributed by atoms with Gasteiger partial charge in [0, 0.05) is 6.42 Å². The number of benzene rings is 1. The molecule has 0 fully saturated rings. The molecule has 1 amide bonds. The lowest BCUT2D eigenvalue weighted by Gasteiger charge is -2.16. The Morgan fingerprint density at radius 3 is 2.31 bits per heavy atom. The molecule has 0 aliphatic heterocycles. The summed E-state index contributed by atoms with van der Waals surface area (Å²) in [5.74, 6) is 6.25. The molecule has 0 aromatic heterocycles. The number of hydrogen-bond acceptors (Lipinski definition) is 2. The molecule has 3 nitrogen and oxygen atoms in total. The summed E-state index contributed by atoms with van der Waals surface area (Å²) in [5.41, 5.74) is 2.02. The molecule has 16 heavy (non-hydrogen) atoms. The predicted octanol–water partition coefficient (Wildman–Crippen LogP) is 2.50. The monoisotopic (exact) mass is 220 g/mol. The molecule has 0 aliphatic rings. The molecule has 88 valence electrons. The van der Waals surface area contributed by atoms with Crippen molar-refractivity contribution in [3.63, 3.8) is 0 Å². The molecule has 3 heteroatoms. The van der Waals surface area contributed by atoms with E-state index in [1.165, 1.54) is 10.6 Å². The molecular weight excluding hydrogens is 200 g/mol. The number of carbonyl (C=O) groups excluding carboxylic acids is 1. The molecule has 0 saturated heterocycles. The second kappa shape index (κ2) is 5.66. The van der Waals surface area contributed by atoms with Crippen LogP contribution in [0.4, 0.5) is 5.69 Å². The van der Waals surface area contributed by atoms with Gasteiger partial charge in [-0.05, 0) is 30.0 Å². The predicted molar refractivity (Wildman–Crippen MR) is 66.9 cm³/mol. The van der Waals surface area contributed by atoms with Crippen LogP contribution in [0.2, 0.25) is 0 Å². The number of nitrogens with two attached hydrogens (primary N) is 1. The van der Waals surface area contributed by atoms with Gasteiger partial charge in [-0.3, -0.25) is 4.79 Å². The van der Waals surface area contributed by atoms with Crippen molar-refractivity contribution in [2.24, 2.45) is 11.8 Å². The lowest BCUT2D eigenvalue weighted by molar-refractivity contribution is -0.118. The van der Waals surface area contributed by atoms with Gasteiger partial charge in [-0.1, -0.05) is 32.9 Å². The van der Waals surface area contributed by atoms with Gasteiger partial charge in [0.25, 0.3) is 0 Å². The number of rotatable bonds is 4. The topological polar surface area (TPSA) is 46.3 Å². The minimum atomic E-state index is -0.0726. The third kappa shape index (κ3) is 3.35. The number of anilines is 1. The average Bonchev–Trinajstić information content (AvgIpc) is 2.27. The standard InChI is InChI=1S/C13H20N2O/c1-4-13(16)15(14)12-7-5-11(6-8-12)9-10(2)3/h5-8,10H,4,9,14H2,1-3H3. The summed E-state index contributed by atoms with van der Waals surface area (Å²) in [7, 11) is 0. The summed E-state index contributed by atoms with van der Waals surface area (Å²) in [6.45, 7) is 6.17. The van der Waals surface area contributed by atoms with E-state index in [9.17, 15) is 4.79 Å². The van der Waals surface area contributed by atoms with Crippen molar-refractivity contribution in [2.75, 3.05) is 5.01 Å². The van der Waals surface area contributed by atoms with Gasteiger partial charge >= 0.3 is 0 Å². The Morgan fingerprint density at radius 2 is 1.88 bits per heavy atom. The van der Waals surface area contributed by atoms with Crippen LogP contribution in [0, 0.1) is 5.92 Å². The molecule has 0 heterocycles. The molecule has 0 radical (unpaired) electrons.